The van der Waals surface area contributed by atoms with Crippen LogP contribution >= 0.6 is 0 Å². The van der Waals surface area contributed by atoms with Crippen molar-refractivity contribution in [3.05, 3.63) is 71.7 Å². The molecule has 9 heteroatoms. The van der Waals surface area contributed by atoms with Crippen molar-refractivity contribution < 1.29 is 13.6 Å². The van der Waals surface area contributed by atoms with Gasteiger partial charge in [0.05, 0.1) is 5.39 Å². The van der Waals surface area contributed by atoms with Crippen LogP contribution in [0.5, 0.6) is 0 Å². The second-order valence-corrected chi connectivity index (χ2v) is 8.20. The van der Waals surface area contributed by atoms with Crippen molar-refractivity contribution in [1.29, 1.82) is 0 Å². The zero-order chi connectivity index (χ0) is 23.3. The first-order chi connectivity index (χ1) is 15.8. The van der Waals surface area contributed by atoms with Crippen LogP contribution in [0.2, 0.25) is 0 Å². The van der Waals surface area contributed by atoms with Crippen molar-refractivity contribution in [3.8, 4) is 11.1 Å². The Morgan fingerprint density at radius 3 is 2.67 bits per heavy atom. The van der Waals surface area contributed by atoms with Crippen molar-refractivity contribution in [2.45, 2.75) is 13.5 Å². The minimum Gasteiger partial charge on any atom is -0.383 e. The van der Waals surface area contributed by atoms with Gasteiger partial charge in [-0.2, -0.15) is 0 Å². The van der Waals surface area contributed by atoms with Gasteiger partial charge in [0, 0.05) is 49.7 Å². The number of hydrogen-bond donors (Lipinski definition) is 1. The Balaban J connectivity index is 1.43. The molecule has 4 aromatic rings. The number of anilines is 2. The van der Waals surface area contributed by atoms with Crippen molar-refractivity contribution in [2.75, 3.05) is 23.7 Å². The normalized spacial score (nSPS) is 14.0. The highest BCUT2D eigenvalue weighted by Crippen LogP contribution is 2.35. The van der Waals surface area contributed by atoms with Crippen LogP contribution in [0.1, 0.15) is 11.1 Å². The van der Waals surface area contributed by atoms with Crippen LogP contribution in [0.3, 0.4) is 0 Å². The van der Waals surface area contributed by atoms with Gasteiger partial charge in [-0.1, -0.05) is 6.07 Å². The van der Waals surface area contributed by atoms with E-state index in [0.29, 0.717) is 47.5 Å². The summed E-state index contributed by atoms with van der Waals surface area (Å²) in [5.41, 5.74) is 9.71. The average molecular weight is 448 g/mol. The SMILES string of the molecule is Cc1ccc(F)cc1CN1CCN(c2ccc(-c3cn(C)c4ncnc(N)c34)c(F)c2)C1=O. The smallest absolute Gasteiger partial charge is 0.324 e. The van der Waals surface area contributed by atoms with Crippen LogP contribution in [0, 0.1) is 18.6 Å². The Bertz CT molecular complexity index is 1400. The second kappa shape index (κ2) is 7.84. The summed E-state index contributed by atoms with van der Waals surface area (Å²) in [6.07, 6.45) is 3.13. The lowest BCUT2D eigenvalue weighted by atomic mass is 10.0. The van der Waals surface area contributed by atoms with Crippen molar-refractivity contribution >= 4 is 28.6 Å². The van der Waals surface area contributed by atoms with E-state index in [9.17, 15) is 9.18 Å². The summed E-state index contributed by atoms with van der Waals surface area (Å²) in [4.78, 5) is 24.4. The molecule has 0 saturated carbocycles. The quantitative estimate of drug-likeness (QED) is 0.506. The third kappa shape index (κ3) is 3.55. The van der Waals surface area contributed by atoms with Gasteiger partial charge in [-0.25, -0.2) is 23.5 Å². The molecule has 0 aliphatic carbocycles. The molecule has 1 saturated heterocycles. The fourth-order valence-electron chi connectivity index (χ4n) is 4.31. The van der Waals surface area contributed by atoms with Gasteiger partial charge in [0.15, 0.2) is 0 Å². The number of rotatable bonds is 4. The van der Waals surface area contributed by atoms with Crippen LogP contribution in [0.25, 0.3) is 22.2 Å². The monoisotopic (exact) mass is 448 g/mol. The number of amides is 2. The number of urea groups is 1. The largest absolute Gasteiger partial charge is 0.383 e. The van der Waals surface area contributed by atoms with E-state index in [1.54, 1.807) is 33.9 Å². The highest BCUT2D eigenvalue weighted by atomic mass is 19.1. The Morgan fingerprint density at radius 2 is 1.88 bits per heavy atom. The molecule has 0 radical (unpaired) electrons. The van der Waals surface area contributed by atoms with E-state index in [4.69, 9.17) is 5.73 Å². The fraction of sp³-hybridized carbons (Fsp3) is 0.208. The molecule has 0 bridgehead atoms. The number of carbonyl (C=O) groups is 1. The van der Waals surface area contributed by atoms with Crippen LogP contribution in [-0.4, -0.2) is 38.6 Å². The third-order valence-corrected chi connectivity index (χ3v) is 6.10. The molecule has 33 heavy (non-hydrogen) atoms. The molecule has 7 nitrogen and oxygen atoms in total. The maximum Gasteiger partial charge on any atom is 0.324 e. The van der Waals surface area contributed by atoms with Crippen molar-refractivity contribution in [2.24, 2.45) is 7.05 Å². The Kier molecular flexibility index (Phi) is 4.96. The fourth-order valence-corrected chi connectivity index (χ4v) is 4.31. The highest BCUT2D eigenvalue weighted by molar-refractivity contribution is 6.01. The van der Waals surface area contributed by atoms with Crippen LogP contribution in [0.15, 0.2) is 48.9 Å². The molecule has 0 spiro atoms. The summed E-state index contributed by atoms with van der Waals surface area (Å²) < 4.78 is 30.6. The lowest BCUT2D eigenvalue weighted by Gasteiger charge is -2.20. The number of nitrogen functional groups attached to an aromatic ring is 1. The highest BCUT2D eigenvalue weighted by Gasteiger charge is 2.30. The van der Waals surface area contributed by atoms with Gasteiger partial charge in [0.1, 0.15) is 29.4 Å². The van der Waals surface area contributed by atoms with Crippen LogP contribution < -0.4 is 10.6 Å². The summed E-state index contributed by atoms with van der Waals surface area (Å²) in [6, 6.07) is 9.00. The maximum absolute atomic E-state index is 15.2. The molecule has 1 aliphatic rings. The number of nitrogens with two attached hydrogens (primary N) is 1. The van der Waals surface area contributed by atoms with Crippen molar-refractivity contribution in [3.63, 3.8) is 0 Å². The van der Waals surface area contributed by atoms with Gasteiger partial charge in [0.2, 0.25) is 0 Å². The number of aryl methyl sites for hydroxylation is 2. The van der Waals surface area contributed by atoms with Gasteiger partial charge in [-0.05, 0) is 48.4 Å². The molecule has 2 aromatic carbocycles. The lowest BCUT2D eigenvalue weighted by Crippen LogP contribution is -2.31. The van der Waals surface area contributed by atoms with Crippen LogP contribution in [0.4, 0.5) is 25.1 Å². The molecule has 2 N–H and O–H groups in total. The predicted molar refractivity (Wildman–Crippen MR) is 123 cm³/mol. The Morgan fingerprint density at radius 1 is 1.06 bits per heavy atom. The van der Waals surface area contributed by atoms with E-state index >= 15 is 4.39 Å². The first kappa shape index (κ1) is 20.9. The summed E-state index contributed by atoms with van der Waals surface area (Å²) in [7, 11) is 1.81. The average Bonchev–Trinajstić information content (AvgIpc) is 3.31. The molecular formula is C24H22F2N6O. The number of nitrogens with zero attached hydrogens (tertiary/aromatic N) is 5. The minimum absolute atomic E-state index is 0.242. The van der Waals surface area contributed by atoms with Crippen LogP contribution in [-0.2, 0) is 13.6 Å². The maximum atomic E-state index is 15.2. The Hall–Kier alpha value is -4.01. The summed E-state index contributed by atoms with van der Waals surface area (Å²) >= 11 is 0. The number of hydrogen-bond acceptors (Lipinski definition) is 4. The third-order valence-electron chi connectivity index (χ3n) is 6.10. The molecule has 0 unspecified atom stereocenters. The van der Waals surface area contributed by atoms with E-state index in [1.807, 2.05) is 14.0 Å². The molecule has 0 atom stereocenters. The predicted octanol–water partition coefficient (Wildman–Crippen LogP) is 4.25. The number of carbonyl (C=O) groups excluding carboxylic acids is 1. The molecular weight excluding hydrogens is 426 g/mol. The van der Waals surface area contributed by atoms with Crippen molar-refractivity contribution in [1.82, 2.24) is 19.4 Å². The molecule has 2 aromatic heterocycles. The van der Waals surface area contributed by atoms with Gasteiger partial charge in [-0.3, -0.25) is 4.90 Å². The van der Waals surface area contributed by atoms with E-state index in [0.717, 1.165) is 11.1 Å². The Labute approximate surface area is 189 Å². The molecule has 3 heterocycles. The number of aromatic nitrogens is 3. The minimum atomic E-state index is -0.476. The first-order valence-corrected chi connectivity index (χ1v) is 10.5. The number of benzene rings is 2. The van der Waals surface area contributed by atoms with Gasteiger partial charge in [0.25, 0.3) is 0 Å². The zero-order valence-corrected chi connectivity index (χ0v) is 18.2. The van der Waals surface area contributed by atoms with E-state index < -0.39 is 5.82 Å². The zero-order valence-electron chi connectivity index (χ0n) is 18.2. The molecule has 168 valence electrons. The summed E-state index contributed by atoms with van der Waals surface area (Å²) in [5.74, 6) is -0.538. The van der Waals surface area contributed by atoms with E-state index in [2.05, 4.69) is 9.97 Å². The molecule has 1 fully saturated rings. The van der Waals surface area contributed by atoms with E-state index in [1.165, 1.54) is 29.4 Å². The summed E-state index contributed by atoms with van der Waals surface area (Å²) in [6.45, 7) is 3.07. The van der Waals surface area contributed by atoms with Gasteiger partial charge in [-0.15, -0.1) is 0 Å². The van der Waals surface area contributed by atoms with Gasteiger partial charge < -0.3 is 15.2 Å². The second-order valence-electron chi connectivity index (χ2n) is 8.20. The molecule has 5 rings (SSSR count). The topological polar surface area (TPSA) is 80.3 Å². The van der Waals surface area contributed by atoms with Gasteiger partial charge >= 0.3 is 6.03 Å². The lowest BCUT2D eigenvalue weighted by molar-refractivity contribution is 0.218. The molecule has 1 aliphatic heterocycles. The summed E-state index contributed by atoms with van der Waals surface area (Å²) in [5, 5.41) is 0.584. The first-order valence-electron chi connectivity index (χ1n) is 10.5. The molecule has 2 amide bonds. The van der Waals surface area contributed by atoms with E-state index in [-0.39, 0.29) is 17.7 Å². The number of fused-ring (bicyclic) bond motifs is 1. The standard InChI is InChI=1S/C24H22F2N6O/c1-14-3-4-16(25)9-15(14)11-31-7-8-32(24(31)33)17-5-6-18(20(26)10-17)19-12-30(2)23-21(19)22(27)28-13-29-23/h3-6,9-10,12-13H,7-8,11H2,1-2H3,(H2,27,28,29). The number of halogens is 2.